The lowest BCUT2D eigenvalue weighted by Gasteiger charge is -2.33. The van der Waals surface area contributed by atoms with Gasteiger partial charge in [0, 0.05) is 32.4 Å². The van der Waals surface area contributed by atoms with Crippen molar-refractivity contribution in [1.29, 1.82) is 0 Å². The molecule has 2 heterocycles. The molecule has 1 aliphatic rings. The summed E-state index contributed by atoms with van der Waals surface area (Å²) in [6, 6.07) is 9.59. The van der Waals surface area contributed by atoms with Crippen LogP contribution in [0.5, 0.6) is 5.75 Å². The lowest BCUT2D eigenvalue weighted by Crippen LogP contribution is -2.50. The second kappa shape index (κ2) is 8.87. The van der Waals surface area contributed by atoms with Crippen LogP contribution >= 0.6 is 11.6 Å². The van der Waals surface area contributed by atoms with E-state index >= 15 is 0 Å². The van der Waals surface area contributed by atoms with Gasteiger partial charge in [-0.3, -0.25) is 9.69 Å². The van der Waals surface area contributed by atoms with Crippen LogP contribution in [0, 0.1) is 0 Å². The summed E-state index contributed by atoms with van der Waals surface area (Å²) in [6.07, 6.45) is 1.46. The second-order valence-electron chi connectivity index (χ2n) is 6.27. The molecule has 0 aliphatic carbocycles. The zero-order chi connectivity index (χ0) is 20.1. The molecule has 3 rings (SSSR count). The van der Waals surface area contributed by atoms with Crippen LogP contribution in [0.15, 0.2) is 47.5 Å². The van der Waals surface area contributed by atoms with Crippen molar-refractivity contribution < 1.29 is 17.9 Å². The van der Waals surface area contributed by atoms with E-state index in [0.29, 0.717) is 42.8 Å². The van der Waals surface area contributed by atoms with Crippen LogP contribution < -0.4 is 10.1 Å². The number of hydrogen-bond donors (Lipinski definition) is 1. The number of benzene rings is 1. The number of nitrogens with one attached hydrogen (secondary N) is 1. The first kappa shape index (κ1) is 20.5. The van der Waals surface area contributed by atoms with Gasteiger partial charge in [0.15, 0.2) is 0 Å². The third kappa shape index (κ3) is 4.99. The van der Waals surface area contributed by atoms with Crippen LogP contribution in [0.25, 0.3) is 0 Å². The highest BCUT2D eigenvalue weighted by Gasteiger charge is 2.29. The summed E-state index contributed by atoms with van der Waals surface area (Å²) in [7, 11) is -2.03. The SMILES string of the molecule is COc1ccc(S(=O)(=O)N2CCN(CC(=O)Nc3ccc(Cl)cn3)CC2)cc1. The molecule has 0 saturated carbocycles. The van der Waals surface area contributed by atoms with E-state index < -0.39 is 10.0 Å². The van der Waals surface area contributed by atoms with Gasteiger partial charge in [0.05, 0.1) is 23.6 Å². The number of carbonyl (C=O) groups excluding carboxylic acids is 1. The van der Waals surface area contributed by atoms with Crippen molar-refractivity contribution in [2.45, 2.75) is 4.90 Å². The average molecular weight is 425 g/mol. The summed E-state index contributed by atoms with van der Waals surface area (Å²) >= 11 is 5.77. The van der Waals surface area contributed by atoms with E-state index in [1.165, 1.54) is 29.7 Å². The van der Waals surface area contributed by atoms with E-state index in [9.17, 15) is 13.2 Å². The molecule has 10 heteroatoms. The number of halogens is 1. The number of aromatic nitrogens is 1. The number of nitrogens with zero attached hydrogens (tertiary/aromatic N) is 3. The molecule has 2 aromatic rings. The summed E-state index contributed by atoms with van der Waals surface area (Å²) < 4.78 is 32.0. The van der Waals surface area contributed by atoms with Crippen LogP contribution in [0.2, 0.25) is 5.02 Å². The number of pyridine rings is 1. The minimum atomic E-state index is -3.56. The van der Waals surface area contributed by atoms with Gasteiger partial charge in [-0.2, -0.15) is 4.31 Å². The van der Waals surface area contributed by atoms with Gasteiger partial charge in [-0.25, -0.2) is 13.4 Å². The molecule has 1 N–H and O–H groups in total. The topological polar surface area (TPSA) is 91.8 Å². The Labute approximate surface area is 169 Å². The zero-order valence-electron chi connectivity index (χ0n) is 15.3. The highest BCUT2D eigenvalue weighted by atomic mass is 35.5. The van der Waals surface area contributed by atoms with Gasteiger partial charge in [0.2, 0.25) is 15.9 Å². The largest absolute Gasteiger partial charge is 0.497 e. The number of ether oxygens (including phenoxy) is 1. The predicted molar refractivity (Wildman–Crippen MR) is 106 cm³/mol. The minimum Gasteiger partial charge on any atom is -0.497 e. The monoisotopic (exact) mass is 424 g/mol. The number of anilines is 1. The van der Waals surface area contributed by atoms with Crippen molar-refractivity contribution in [2.24, 2.45) is 0 Å². The van der Waals surface area contributed by atoms with Crippen LogP contribution in [0.3, 0.4) is 0 Å². The van der Waals surface area contributed by atoms with Gasteiger partial charge in [-0.15, -0.1) is 0 Å². The number of methoxy groups -OCH3 is 1. The fourth-order valence-electron chi connectivity index (χ4n) is 2.86. The Morgan fingerprint density at radius 3 is 2.39 bits per heavy atom. The van der Waals surface area contributed by atoms with Gasteiger partial charge >= 0.3 is 0 Å². The molecule has 0 bridgehead atoms. The summed E-state index contributed by atoms with van der Waals surface area (Å²) in [4.78, 5) is 18.3. The predicted octanol–water partition coefficient (Wildman–Crippen LogP) is 1.69. The number of piperazine rings is 1. The molecule has 1 aliphatic heterocycles. The number of carbonyl (C=O) groups is 1. The Kier molecular flexibility index (Phi) is 6.50. The standard InChI is InChI=1S/C18H21ClN4O4S/c1-27-15-3-5-16(6-4-15)28(25,26)23-10-8-22(9-11-23)13-18(24)21-17-7-2-14(19)12-20-17/h2-7,12H,8-11,13H2,1H3,(H,20,21,24). The Morgan fingerprint density at radius 2 is 1.82 bits per heavy atom. The molecule has 1 saturated heterocycles. The van der Waals surface area contributed by atoms with E-state index in [1.807, 2.05) is 4.90 Å². The first-order valence-corrected chi connectivity index (χ1v) is 10.5. The van der Waals surface area contributed by atoms with E-state index in [2.05, 4.69) is 10.3 Å². The molecule has 28 heavy (non-hydrogen) atoms. The van der Waals surface area contributed by atoms with Crippen LogP contribution in [-0.2, 0) is 14.8 Å². The van der Waals surface area contributed by atoms with Crippen LogP contribution in [-0.4, -0.2) is 68.3 Å². The Morgan fingerprint density at radius 1 is 1.14 bits per heavy atom. The lowest BCUT2D eigenvalue weighted by atomic mass is 10.3. The van der Waals surface area contributed by atoms with Crippen LogP contribution in [0.4, 0.5) is 5.82 Å². The normalized spacial score (nSPS) is 15.9. The number of hydrogen-bond acceptors (Lipinski definition) is 6. The van der Waals surface area contributed by atoms with Gasteiger partial charge in [0.25, 0.3) is 0 Å². The van der Waals surface area contributed by atoms with E-state index in [4.69, 9.17) is 16.3 Å². The summed E-state index contributed by atoms with van der Waals surface area (Å²) in [5, 5.41) is 3.19. The first-order chi connectivity index (χ1) is 13.4. The zero-order valence-corrected chi connectivity index (χ0v) is 16.9. The first-order valence-electron chi connectivity index (χ1n) is 8.66. The quantitative estimate of drug-likeness (QED) is 0.758. The Hall–Kier alpha value is -2.20. The molecular weight excluding hydrogens is 404 g/mol. The molecule has 1 aromatic heterocycles. The van der Waals surface area contributed by atoms with E-state index in [1.54, 1.807) is 24.3 Å². The number of amides is 1. The van der Waals surface area contributed by atoms with Gasteiger partial charge in [0.1, 0.15) is 11.6 Å². The maximum Gasteiger partial charge on any atom is 0.243 e. The fraction of sp³-hybridized carbons (Fsp3) is 0.333. The molecule has 0 unspecified atom stereocenters. The molecule has 1 amide bonds. The molecule has 1 fully saturated rings. The fourth-order valence-corrected chi connectivity index (χ4v) is 4.39. The Bertz CT molecular complexity index is 912. The summed E-state index contributed by atoms with van der Waals surface area (Å²) in [6.45, 7) is 1.75. The maximum atomic E-state index is 12.8. The second-order valence-corrected chi connectivity index (χ2v) is 8.64. The summed E-state index contributed by atoms with van der Waals surface area (Å²) in [5.74, 6) is 0.821. The third-order valence-corrected chi connectivity index (χ3v) is 6.53. The van der Waals surface area contributed by atoms with Gasteiger partial charge in [-0.05, 0) is 36.4 Å². The average Bonchev–Trinajstić information content (AvgIpc) is 2.70. The lowest BCUT2D eigenvalue weighted by molar-refractivity contribution is -0.117. The van der Waals surface area contributed by atoms with Crippen molar-refractivity contribution in [3.8, 4) is 5.75 Å². The molecule has 0 atom stereocenters. The molecule has 0 radical (unpaired) electrons. The van der Waals surface area contributed by atoms with E-state index in [0.717, 1.165) is 0 Å². The molecule has 1 aromatic carbocycles. The van der Waals surface area contributed by atoms with Crippen molar-refractivity contribution in [1.82, 2.24) is 14.2 Å². The minimum absolute atomic E-state index is 0.167. The summed E-state index contributed by atoms with van der Waals surface area (Å²) in [5.41, 5.74) is 0. The van der Waals surface area contributed by atoms with Crippen molar-refractivity contribution >= 4 is 33.3 Å². The van der Waals surface area contributed by atoms with Gasteiger partial charge in [-0.1, -0.05) is 11.6 Å². The van der Waals surface area contributed by atoms with Crippen molar-refractivity contribution in [3.05, 3.63) is 47.6 Å². The van der Waals surface area contributed by atoms with Crippen molar-refractivity contribution in [2.75, 3.05) is 45.2 Å². The smallest absolute Gasteiger partial charge is 0.243 e. The van der Waals surface area contributed by atoms with Gasteiger partial charge < -0.3 is 10.1 Å². The molecule has 150 valence electrons. The Balaban J connectivity index is 1.53. The van der Waals surface area contributed by atoms with Crippen molar-refractivity contribution in [3.63, 3.8) is 0 Å². The number of sulfonamides is 1. The van der Waals surface area contributed by atoms with Crippen LogP contribution in [0.1, 0.15) is 0 Å². The highest BCUT2D eigenvalue weighted by molar-refractivity contribution is 7.89. The molecule has 8 nitrogen and oxygen atoms in total. The highest BCUT2D eigenvalue weighted by Crippen LogP contribution is 2.20. The van der Waals surface area contributed by atoms with E-state index in [-0.39, 0.29) is 17.3 Å². The molecular formula is C18H21ClN4O4S. The molecule has 0 spiro atoms. The number of rotatable bonds is 6. The maximum absolute atomic E-state index is 12.8. The third-order valence-electron chi connectivity index (χ3n) is 4.39.